The molecule has 4 nitrogen and oxygen atoms in total. The smallest absolute Gasteiger partial charge is 0.138 e. The number of hydrogen-bond acceptors (Lipinski definition) is 3. The molecular formula is C14H18BrN3O. The number of imidazole rings is 1. The Labute approximate surface area is 121 Å². The summed E-state index contributed by atoms with van der Waals surface area (Å²) in [5, 5.41) is 0. The van der Waals surface area contributed by atoms with Gasteiger partial charge in [-0.3, -0.25) is 0 Å². The maximum Gasteiger partial charge on any atom is 0.138 e. The number of halogens is 1. The molecule has 2 rings (SSSR count). The molecule has 0 amide bonds. The zero-order chi connectivity index (χ0) is 14.0. The summed E-state index contributed by atoms with van der Waals surface area (Å²) in [5.41, 5.74) is 8.75. The van der Waals surface area contributed by atoms with Crippen LogP contribution in [0.4, 0.5) is 0 Å². The van der Waals surface area contributed by atoms with Gasteiger partial charge in [-0.25, -0.2) is 4.98 Å². The highest BCUT2D eigenvalue weighted by Crippen LogP contribution is 2.31. The van der Waals surface area contributed by atoms with Gasteiger partial charge in [0, 0.05) is 12.1 Å². The number of rotatable bonds is 4. The summed E-state index contributed by atoms with van der Waals surface area (Å²) < 4.78 is 6.16. The molecule has 2 aromatic rings. The van der Waals surface area contributed by atoms with Crippen molar-refractivity contribution in [1.82, 2.24) is 9.97 Å². The predicted octanol–water partition coefficient (Wildman–Crippen LogP) is 3.43. The molecule has 102 valence electrons. The second-order valence-corrected chi connectivity index (χ2v) is 5.42. The van der Waals surface area contributed by atoms with Crippen molar-refractivity contribution in [3.8, 4) is 17.1 Å². The lowest BCUT2D eigenvalue weighted by molar-refractivity contribution is 0.407. The van der Waals surface area contributed by atoms with E-state index in [1.807, 2.05) is 12.1 Å². The number of benzene rings is 1. The van der Waals surface area contributed by atoms with Crippen LogP contribution in [0.15, 0.2) is 22.8 Å². The Hall–Kier alpha value is -1.33. The van der Waals surface area contributed by atoms with Crippen molar-refractivity contribution in [2.24, 2.45) is 5.73 Å². The number of hydrogen-bond donors (Lipinski definition) is 2. The molecule has 1 heterocycles. The molecule has 0 radical (unpaired) electrons. The SMILES string of the molecule is COc1ccc(-c2nc(Br)c(CN)[nH]2)cc1C(C)C. The highest BCUT2D eigenvalue weighted by molar-refractivity contribution is 9.10. The molecule has 5 heteroatoms. The Kier molecular flexibility index (Phi) is 4.27. The van der Waals surface area contributed by atoms with Crippen LogP contribution in [0.5, 0.6) is 5.75 Å². The third-order valence-corrected chi connectivity index (χ3v) is 3.71. The molecule has 3 N–H and O–H groups in total. The van der Waals surface area contributed by atoms with E-state index < -0.39 is 0 Å². The maximum atomic E-state index is 5.64. The fourth-order valence-electron chi connectivity index (χ4n) is 1.99. The number of H-pyrrole nitrogens is 1. The zero-order valence-electron chi connectivity index (χ0n) is 11.3. The predicted molar refractivity (Wildman–Crippen MR) is 80.3 cm³/mol. The molecule has 19 heavy (non-hydrogen) atoms. The summed E-state index contributed by atoms with van der Waals surface area (Å²) in [6.07, 6.45) is 0. The highest BCUT2D eigenvalue weighted by atomic mass is 79.9. The number of nitrogens with zero attached hydrogens (tertiary/aromatic N) is 1. The van der Waals surface area contributed by atoms with Crippen molar-refractivity contribution in [1.29, 1.82) is 0 Å². The van der Waals surface area contributed by atoms with Crippen molar-refractivity contribution in [2.45, 2.75) is 26.3 Å². The number of nitrogens with two attached hydrogens (primary N) is 1. The molecule has 0 unspecified atom stereocenters. The van der Waals surface area contributed by atoms with Gasteiger partial charge in [0.25, 0.3) is 0 Å². The van der Waals surface area contributed by atoms with E-state index in [4.69, 9.17) is 10.5 Å². The fourth-order valence-corrected chi connectivity index (χ4v) is 2.43. The third-order valence-electron chi connectivity index (χ3n) is 3.06. The van der Waals surface area contributed by atoms with Crippen molar-refractivity contribution in [3.63, 3.8) is 0 Å². The lowest BCUT2D eigenvalue weighted by atomic mass is 9.99. The Morgan fingerprint density at radius 3 is 2.68 bits per heavy atom. The van der Waals surface area contributed by atoms with Gasteiger partial charge >= 0.3 is 0 Å². The number of methoxy groups -OCH3 is 1. The highest BCUT2D eigenvalue weighted by Gasteiger charge is 2.12. The minimum Gasteiger partial charge on any atom is -0.496 e. The van der Waals surface area contributed by atoms with E-state index in [-0.39, 0.29) is 0 Å². The van der Waals surface area contributed by atoms with E-state index in [1.165, 1.54) is 5.56 Å². The van der Waals surface area contributed by atoms with Crippen LogP contribution in [0.2, 0.25) is 0 Å². The number of aromatic amines is 1. The molecule has 0 bridgehead atoms. The quantitative estimate of drug-likeness (QED) is 0.906. The Bertz CT molecular complexity index is 578. The topological polar surface area (TPSA) is 63.9 Å². The Balaban J connectivity index is 2.47. The first-order chi connectivity index (χ1) is 9.06. The molecule has 0 atom stereocenters. The minimum atomic E-state index is 0.391. The second-order valence-electron chi connectivity index (χ2n) is 4.67. The summed E-state index contributed by atoms with van der Waals surface area (Å²) >= 11 is 3.40. The number of aromatic nitrogens is 2. The van der Waals surface area contributed by atoms with Gasteiger partial charge in [0.1, 0.15) is 16.2 Å². The summed E-state index contributed by atoms with van der Waals surface area (Å²) in [6.45, 7) is 4.72. The first-order valence-corrected chi connectivity index (χ1v) is 6.98. The lowest BCUT2D eigenvalue weighted by Gasteiger charge is -2.12. The van der Waals surface area contributed by atoms with Crippen molar-refractivity contribution in [2.75, 3.05) is 7.11 Å². The van der Waals surface area contributed by atoms with Gasteiger partial charge in [-0.1, -0.05) is 13.8 Å². The maximum absolute atomic E-state index is 5.64. The zero-order valence-corrected chi connectivity index (χ0v) is 12.9. The first-order valence-electron chi connectivity index (χ1n) is 6.19. The van der Waals surface area contributed by atoms with Gasteiger partial charge < -0.3 is 15.5 Å². The lowest BCUT2D eigenvalue weighted by Crippen LogP contribution is -1.97. The Morgan fingerprint density at radius 1 is 1.42 bits per heavy atom. The normalized spacial score (nSPS) is 11.1. The van der Waals surface area contributed by atoms with Crippen LogP contribution < -0.4 is 10.5 Å². The second kappa shape index (κ2) is 5.75. The standard InChI is InChI=1S/C14H18BrN3O/c1-8(2)10-6-9(4-5-12(10)19-3)14-17-11(7-16)13(15)18-14/h4-6,8H,7,16H2,1-3H3,(H,17,18). The largest absolute Gasteiger partial charge is 0.496 e. The van der Waals surface area contributed by atoms with E-state index in [2.05, 4.69) is 45.8 Å². The van der Waals surface area contributed by atoms with Gasteiger partial charge in [0.2, 0.25) is 0 Å². The fraction of sp³-hybridized carbons (Fsp3) is 0.357. The molecule has 0 saturated carbocycles. The number of nitrogens with one attached hydrogen (secondary N) is 1. The van der Waals surface area contributed by atoms with Crippen LogP contribution in [0.25, 0.3) is 11.4 Å². The monoisotopic (exact) mass is 323 g/mol. The van der Waals surface area contributed by atoms with Crippen molar-refractivity contribution < 1.29 is 4.74 Å². The van der Waals surface area contributed by atoms with Gasteiger partial charge in [-0.2, -0.15) is 0 Å². The van der Waals surface area contributed by atoms with Crippen molar-refractivity contribution in [3.05, 3.63) is 34.1 Å². The summed E-state index contributed by atoms with van der Waals surface area (Å²) in [7, 11) is 1.69. The summed E-state index contributed by atoms with van der Waals surface area (Å²) in [6, 6.07) is 6.08. The van der Waals surface area contributed by atoms with E-state index in [0.29, 0.717) is 12.5 Å². The first kappa shape index (κ1) is 14.1. The summed E-state index contributed by atoms with van der Waals surface area (Å²) in [4.78, 5) is 7.68. The molecule has 0 fully saturated rings. The van der Waals surface area contributed by atoms with Crippen LogP contribution in [-0.2, 0) is 6.54 Å². The van der Waals surface area contributed by atoms with Crippen LogP contribution in [0.1, 0.15) is 31.0 Å². The average Bonchev–Trinajstić information content (AvgIpc) is 2.79. The van der Waals surface area contributed by atoms with Gasteiger partial charge in [-0.15, -0.1) is 0 Å². The van der Waals surface area contributed by atoms with E-state index in [9.17, 15) is 0 Å². The van der Waals surface area contributed by atoms with Crippen molar-refractivity contribution >= 4 is 15.9 Å². The average molecular weight is 324 g/mol. The molecule has 0 aliphatic carbocycles. The third kappa shape index (κ3) is 2.82. The van der Waals surface area contributed by atoms with E-state index in [1.54, 1.807) is 7.11 Å². The number of ether oxygens (including phenoxy) is 1. The van der Waals surface area contributed by atoms with E-state index >= 15 is 0 Å². The van der Waals surface area contributed by atoms with Gasteiger partial charge in [-0.05, 0) is 45.6 Å². The van der Waals surface area contributed by atoms with Crippen LogP contribution in [-0.4, -0.2) is 17.1 Å². The van der Waals surface area contributed by atoms with Crippen LogP contribution in [0.3, 0.4) is 0 Å². The van der Waals surface area contributed by atoms with Crippen LogP contribution in [0, 0.1) is 0 Å². The molecule has 0 aliphatic heterocycles. The molecule has 0 spiro atoms. The molecular weight excluding hydrogens is 306 g/mol. The summed E-state index contributed by atoms with van der Waals surface area (Å²) in [5.74, 6) is 2.11. The van der Waals surface area contributed by atoms with E-state index in [0.717, 1.165) is 27.4 Å². The van der Waals surface area contributed by atoms with Gasteiger partial charge in [0.05, 0.1) is 12.8 Å². The van der Waals surface area contributed by atoms with Gasteiger partial charge in [0.15, 0.2) is 0 Å². The Morgan fingerprint density at radius 2 is 2.16 bits per heavy atom. The minimum absolute atomic E-state index is 0.391. The molecule has 0 saturated heterocycles. The molecule has 0 aliphatic rings. The molecule has 1 aromatic heterocycles. The van der Waals surface area contributed by atoms with Crippen LogP contribution >= 0.6 is 15.9 Å². The molecule has 1 aromatic carbocycles.